The van der Waals surface area contributed by atoms with Crippen molar-refractivity contribution >= 4 is 17.5 Å². The van der Waals surface area contributed by atoms with Gasteiger partial charge in [-0.05, 0) is 18.9 Å². The Morgan fingerprint density at radius 1 is 1.53 bits per heavy atom. The second-order valence-corrected chi connectivity index (χ2v) is 3.91. The molecule has 1 aromatic rings. The summed E-state index contributed by atoms with van der Waals surface area (Å²) in [7, 11) is 1.80. The van der Waals surface area contributed by atoms with Gasteiger partial charge in [0.25, 0.3) is 0 Å². The first-order chi connectivity index (χ1) is 7.24. The zero-order valence-corrected chi connectivity index (χ0v) is 9.67. The van der Waals surface area contributed by atoms with E-state index < -0.39 is 0 Å². The minimum Gasteiger partial charge on any atom is -0.472 e. The van der Waals surface area contributed by atoms with Crippen LogP contribution in [0.1, 0.15) is 24.8 Å². The Bertz CT molecular complexity index is 285. The van der Waals surface area contributed by atoms with Gasteiger partial charge >= 0.3 is 0 Å². The van der Waals surface area contributed by atoms with Crippen LogP contribution in [-0.2, 0) is 11.3 Å². The molecule has 1 aromatic heterocycles. The standard InChI is InChI=1S/C11H16ClNO2/c1-13(8-10-5-7-15-9-10)11(14)4-2-3-6-12/h5,7,9H,2-4,6,8H2,1H3. The van der Waals surface area contributed by atoms with Gasteiger partial charge in [-0.15, -0.1) is 11.6 Å². The average molecular weight is 230 g/mol. The Hall–Kier alpha value is -0.960. The smallest absolute Gasteiger partial charge is 0.222 e. The van der Waals surface area contributed by atoms with Gasteiger partial charge in [0.2, 0.25) is 5.91 Å². The predicted octanol–water partition coefficient (Wildman–Crippen LogP) is 2.65. The first-order valence-electron chi connectivity index (χ1n) is 5.05. The number of unbranched alkanes of at least 4 members (excludes halogenated alkanes) is 1. The summed E-state index contributed by atoms with van der Waals surface area (Å²) in [5.74, 6) is 0.778. The van der Waals surface area contributed by atoms with Gasteiger partial charge in [0.15, 0.2) is 0 Å². The van der Waals surface area contributed by atoms with Crippen LogP contribution in [0.4, 0.5) is 0 Å². The van der Waals surface area contributed by atoms with E-state index in [2.05, 4.69) is 0 Å². The van der Waals surface area contributed by atoms with Crippen molar-refractivity contribution in [1.82, 2.24) is 4.90 Å². The summed E-state index contributed by atoms with van der Waals surface area (Å²) < 4.78 is 4.94. The second-order valence-electron chi connectivity index (χ2n) is 3.53. The van der Waals surface area contributed by atoms with Gasteiger partial charge in [-0.1, -0.05) is 0 Å². The van der Waals surface area contributed by atoms with E-state index in [9.17, 15) is 4.79 Å². The number of hydrogen-bond donors (Lipinski definition) is 0. The van der Waals surface area contributed by atoms with E-state index in [0.29, 0.717) is 18.8 Å². The summed E-state index contributed by atoms with van der Waals surface area (Å²) in [5, 5.41) is 0. The van der Waals surface area contributed by atoms with Crippen molar-refractivity contribution in [3.8, 4) is 0 Å². The molecule has 84 valence electrons. The van der Waals surface area contributed by atoms with Crippen LogP contribution in [-0.4, -0.2) is 23.7 Å². The molecule has 4 heteroatoms. The molecule has 0 aliphatic rings. The largest absolute Gasteiger partial charge is 0.472 e. The molecular formula is C11H16ClNO2. The van der Waals surface area contributed by atoms with Crippen molar-refractivity contribution in [2.75, 3.05) is 12.9 Å². The van der Waals surface area contributed by atoms with Crippen LogP contribution in [0.5, 0.6) is 0 Å². The maximum atomic E-state index is 11.6. The van der Waals surface area contributed by atoms with Crippen LogP contribution < -0.4 is 0 Å². The van der Waals surface area contributed by atoms with E-state index in [1.807, 2.05) is 6.07 Å². The quantitative estimate of drug-likeness (QED) is 0.555. The summed E-state index contributed by atoms with van der Waals surface area (Å²) in [6.07, 6.45) is 5.59. The topological polar surface area (TPSA) is 33.5 Å². The van der Waals surface area contributed by atoms with E-state index in [1.54, 1.807) is 24.5 Å². The molecule has 1 heterocycles. The Balaban J connectivity index is 2.27. The van der Waals surface area contributed by atoms with Crippen molar-refractivity contribution in [3.05, 3.63) is 24.2 Å². The molecule has 15 heavy (non-hydrogen) atoms. The van der Waals surface area contributed by atoms with Crippen molar-refractivity contribution in [3.63, 3.8) is 0 Å². The molecule has 0 fully saturated rings. The summed E-state index contributed by atoms with van der Waals surface area (Å²) in [6, 6.07) is 1.86. The Labute approximate surface area is 95.0 Å². The van der Waals surface area contributed by atoms with Gasteiger partial charge in [-0.25, -0.2) is 0 Å². The molecule has 1 rings (SSSR count). The lowest BCUT2D eigenvalue weighted by atomic mass is 10.2. The lowest BCUT2D eigenvalue weighted by molar-refractivity contribution is -0.130. The highest BCUT2D eigenvalue weighted by Gasteiger charge is 2.08. The minimum absolute atomic E-state index is 0.154. The summed E-state index contributed by atoms with van der Waals surface area (Å²) >= 11 is 5.54. The highest BCUT2D eigenvalue weighted by molar-refractivity contribution is 6.17. The van der Waals surface area contributed by atoms with Gasteiger partial charge in [-0.2, -0.15) is 0 Å². The zero-order valence-electron chi connectivity index (χ0n) is 8.91. The van der Waals surface area contributed by atoms with Crippen LogP contribution in [0.2, 0.25) is 0 Å². The average Bonchev–Trinajstić information content (AvgIpc) is 2.70. The maximum Gasteiger partial charge on any atom is 0.222 e. The number of carbonyl (C=O) groups excluding carboxylic acids is 1. The molecule has 0 bridgehead atoms. The third kappa shape index (κ3) is 4.38. The lowest BCUT2D eigenvalue weighted by Gasteiger charge is -2.15. The van der Waals surface area contributed by atoms with E-state index in [4.69, 9.17) is 16.0 Å². The van der Waals surface area contributed by atoms with Crippen molar-refractivity contribution in [2.24, 2.45) is 0 Å². The SMILES string of the molecule is CN(Cc1ccoc1)C(=O)CCCCCl. The van der Waals surface area contributed by atoms with Crippen LogP contribution >= 0.6 is 11.6 Å². The number of halogens is 1. The molecule has 0 radical (unpaired) electrons. The summed E-state index contributed by atoms with van der Waals surface area (Å²) in [4.78, 5) is 13.3. The number of hydrogen-bond acceptors (Lipinski definition) is 2. The molecule has 0 aliphatic carbocycles. The number of rotatable bonds is 6. The van der Waals surface area contributed by atoms with E-state index in [0.717, 1.165) is 18.4 Å². The minimum atomic E-state index is 0.154. The predicted molar refractivity (Wildman–Crippen MR) is 59.8 cm³/mol. The van der Waals surface area contributed by atoms with Gasteiger partial charge in [0.05, 0.1) is 12.5 Å². The number of carbonyl (C=O) groups is 1. The van der Waals surface area contributed by atoms with Crippen LogP contribution in [0.3, 0.4) is 0 Å². The Morgan fingerprint density at radius 3 is 2.93 bits per heavy atom. The van der Waals surface area contributed by atoms with E-state index in [1.165, 1.54) is 0 Å². The lowest BCUT2D eigenvalue weighted by Crippen LogP contribution is -2.25. The molecular weight excluding hydrogens is 214 g/mol. The third-order valence-electron chi connectivity index (χ3n) is 2.20. The molecule has 0 saturated carbocycles. The van der Waals surface area contributed by atoms with Crippen molar-refractivity contribution < 1.29 is 9.21 Å². The van der Waals surface area contributed by atoms with Gasteiger partial charge in [0, 0.05) is 31.5 Å². The highest BCUT2D eigenvalue weighted by Crippen LogP contribution is 2.06. The van der Waals surface area contributed by atoms with E-state index >= 15 is 0 Å². The fourth-order valence-electron chi connectivity index (χ4n) is 1.31. The molecule has 0 N–H and O–H groups in total. The number of furan rings is 1. The zero-order chi connectivity index (χ0) is 11.1. The number of amides is 1. The van der Waals surface area contributed by atoms with Crippen molar-refractivity contribution in [2.45, 2.75) is 25.8 Å². The first kappa shape index (κ1) is 12.1. The van der Waals surface area contributed by atoms with Gasteiger partial charge < -0.3 is 9.32 Å². The van der Waals surface area contributed by atoms with Crippen LogP contribution in [0.15, 0.2) is 23.0 Å². The molecule has 1 amide bonds. The van der Waals surface area contributed by atoms with E-state index in [-0.39, 0.29) is 5.91 Å². The van der Waals surface area contributed by atoms with Gasteiger partial charge in [0.1, 0.15) is 0 Å². The summed E-state index contributed by atoms with van der Waals surface area (Å²) in [6.45, 7) is 0.607. The molecule has 0 aromatic carbocycles. The monoisotopic (exact) mass is 229 g/mol. The highest BCUT2D eigenvalue weighted by atomic mass is 35.5. The van der Waals surface area contributed by atoms with Gasteiger partial charge in [-0.3, -0.25) is 4.79 Å². The normalized spacial score (nSPS) is 10.3. The van der Waals surface area contributed by atoms with Crippen LogP contribution in [0, 0.1) is 0 Å². The third-order valence-corrected chi connectivity index (χ3v) is 2.47. The molecule has 0 saturated heterocycles. The molecule has 3 nitrogen and oxygen atoms in total. The summed E-state index contributed by atoms with van der Waals surface area (Å²) in [5.41, 5.74) is 1.02. The molecule has 0 atom stereocenters. The number of nitrogens with zero attached hydrogens (tertiary/aromatic N) is 1. The van der Waals surface area contributed by atoms with Crippen LogP contribution in [0.25, 0.3) is 0 Å². The number of alkyl halides is 1. The van der Waals surface area contributed by atoms with Crippen molar-refractivity contribution in [1.29, 1.82) is 0 Å². The first-order valence-corrected chi connectivity index (χ1v) is 5.58. The molecule has 0 aliphatic heterocycles. The fraction of sp³-hybridized carbons (Fsp3) is 0.545. The fourth-order valence-corrected chi connectivity index (χ4v) is 1.50. The Kier molecular flexibility index (Phi) is 5.26. The molecule has 0 spiro atoms. The Morgan fingerprint density at radius 2 is 2.33 bits per heavy atom. The maximum absolute atomic E-state index is 11.6. The second kappa shape index (κ2) is 6.51. The molecule has 0 unspecified atom stereocenters.